The summed E-state index contributed by atoms with van der Waals surface area (Å²) in [4.78, 5) is 7.44. The lowest BCUT2D eigenvalue weighted by atomic mass is 10.2. The molecule has 0 aliphatic heterocycles. The van der Waals surface area contributed by atoms with Gasteiger partial charge in [0, 0.05) is 6.07 Å². The lowest BCUT2D eigenvalue weighted by Crippen LogP contribution is -1.86. The minimum absolute atomic E-state index is 0.115. The van der Waals surface area contributed by atoms with Crippen molar-refractivity contribution in [3.8, 4) is 28.6 Å². The van der Waals surface area contributed by atoms with Crippen LogP contribution in [-0.2, 0) is 0 Å². The number of hydrogen-bond acceptors (Lipinski definition) is 4. The van der Waals surface area contributed by atoms with Crippen molar-refractivity contribution in [1.29, 1.82) is 0 Å². The van der Waals surface area contributed by atoms with Crippen LogP contribution in [0, 0.1) is 0 Å². The number of phenols is 2. The number of benzene rings is 2. The average molecular weight is 256 g/mol. The Morgan fingerprint density at radius 2 is 1.95 bits per heavy atom. The molecule has 3 rings (SSSR count). The van der Waals surface area contributed by atoms with Crippen molar-refractivity contribution in [1.82, 2.24) is 9.97 Å². The molecule has 0 aliphatic carbocycles. The van der Waals surface area contributed by atoms with Crippen molar-refractivity contribution in [3.63, 3.8) is 0 Å². The van der Waals surface area contributed by atoms with E-state index in [1.807, 2.05) is 0 Å². The van der Waals surface area contributed by atoms with Crippen LogP contribution in [0.3, 0.4) is 0 Å². The van der Waals surface area contributed by atoms with Gasteiger partial charge >= 0.3 is 0 Å². The molecule has 0 unspecified atom stereocenters. The summed E-state index contributed by atoms with van der Waals surface area (Å²) in [5.74, 6) is 1.44. The lowest BCUT2D eigenvalue weighted by molar-refractivity contribution is 0.412. The average Bonchev–Trinajstić information content (AvgIpc) is 2.82. The maximum Gasteiger partial charge on any atom is 0.142 e. The van der Waals surface area contributed by atoms with Crippen molar-refractivity contribution in [3.05, 3.63) is 36.4 Å². The van der Waals surface area contributed by atoms with Crippen LogP contribution in [0.5, 0.6) is 17.2 Å². The van der Waals surface area contributed by atoms with E-state index in [1.165, 1.54) is 0 Å². The SMILES string of the molecule is COc1ccc(O)c(-c2nc3ccc(O)cc3[nH]2)c1. The van der Waals surface area contributed by atoms with Gasteiger partial charge in [-0.1, -0.05) is 0 Å². The van der Waals surface area contributed by atoms with Crippen LogP contribution < -0.4 is 4.74 Å². The number of nitrogens with zero attached hydrogens (tertiary/aromatic N) is 1. The molecule has 2 aromatic carbocycles. The molecule has 0 bridgehead atoms. The number of phenolic OH excluding ortho intramolecular Hbond substituents is 2. The van der Waals surface area contributed by atoms with E-state index in [2.05, 4.69) is 9.97 Å². The summed E-state index contributed by atoms with van der Waals surface area (Å²) >= 11 is 0. The van der Waals surface area contributed by atoms with Crippen molar-refractivity contribution < 1.29 is 14.9 Å². The van der Waals surface area contributed by atoms with E-state index < -0.39 is 0 Å². The second-order valence-electron chi connectivity index (χ2n) is 4.17. The number of nitrogens with one attached hydrogen (secondary N) is 1. The third-order valence-corrected chi connectivity index (χ3v) is 2.92. The van der Waals surface area contributed by atoms with Gasteiger partial charge in [-0.3, -0.25) is 0 Å². The van der Waals surface area contributed by atoms with E-state index in [9.17, 15) is 10.2 Å². The standard InChI is InChI=1S/C14H12N2O3/c1-19-9-3-5-13(18)10(7-9)14-15-11-4-2-8(17)6-12(11)16-14/h2-7,17-18H,1H3,(H,15,16). The van der Waals surface area contributed by atoms with Crippen LogP contribution in [0.25, 0.3) is 22.4 Å². The second-order valence-corrected chi connectivity index (χ2v) is 4.17. The number of ether oxygens (including phenoxy) is 1. The van der Waals surface area contributed by atoms with Gasteiger partial charge in [0.1, 0.15) is 23.1 Å². The van der Waals surface area contributed by atoms with Crippen LogP contribution >= 0.6 is 0 Å². The molecular formula is C14H12N2O3. The minimum atomic E-state index is 0.115. The van der Waals surface area contributed by atoms with Crippen LogP contribution in [0.4, 0.5) is 0 Å². The van der Waals surface area contributed by atoms with E-state index in [0.717, 1.165) is 5.52 Å². The van der Waals surface area contributed by atoms with E-state index >= 15 is 0 Å². The van der Waals surface area contributed by atoms with E-state index in [4.69, 9.17) is 4.74 Å². The fourth-order valence-electron chi connectivity index (χ4n) is 1.96. The van der Waals surface area contributed by atoms with Gasteiger partial charge in [0.05, 0.1) is 23.7 Å². The molecule has 0 atom stereocenters. The molecule has 0 aliphatic rings. The lowest BCUT2D eigenvalue weighted by Gasteiger charge is -2.04. The number of hydrogen-bond donors (Lipinski definition) is 3. The summed E-state index contributed by atoms with van der Waals surface area (Å²) in [7, 11) is 1.56. The summed E-state index contributed by atoms with van der Waals surface area (Å²) in [5.41, 5.74) is 1.97. The number of aromatic nitrogens is 2. The highest BCUT2D eigenvalue weighted by Crippen LogP contribution is 2.32. The highest BCUT2D eigenvalue weighted by molar-refractivity contribution is 5.82. The first kappa shape index (κ1) is 11.4. The Hall–Kier alpha value is -2.69. The molecule has 1 heterocycles. The highest BCUT2D eigenvalue weighted by atomic mass is 16.5. The van der Waals surface area contributed by atoms with E-state index in [0.29, 0.717) is 22.7 Å². The first-order valence-electron chi connectivity index (χ1n) is 5.73. The topological polar surface area (TPSA) is 78.4 Å². The van der Waals surface area contributed by atoms with Gasteiger partial charge in [0.2, 0.25) is 0 Å². The van der Waals surface area contributed by atoms with E-state index in [1.54, 1.807) is 43.5 Å². The maximum atomic E-state index is 9.90. The van der Waals surface area contributed by atoms with Gasteiger partial charge in [0.15, 0.2) is 0 Å². The fraction of sp³-hybridized carbons (Fsp3) is 0.0714. The van der Waals surface area contributed by atoms with Crippen LogP contribution in [0.1, 0.15) is 0 Å². The van der Waals surface area contributed by atoms with Crippen LogP contribution in [0.2, 0.25) is 0 Å². The second kappa shape index (κ2) is 4.20. The van der Waals surface area contributed by atoms with Gasteiger partial charge < -0.3 is 19.9 Å². The summed E-state index contributed by atoms with van der Waals surface area (Å²) in [6.45, 7) is 0. The van der Waals surface area contributed by atoms with Gasteiger partial charge in [0.25, 0.3) is 0 Å². The Morgan fingerprint density at radius 1 is 1.11 bits per heavy atom. The molecule has 1 aromatic heterocycles. The molecule has 5 nitrogen and oxygen atoms in total. The number of imidazole rings is 1. The number of aromatic amines is 1. The molecule has 0 saturated carbocycles. The Labute approximate surface area is 109 Å². The quantitative estimate of drug-likeness (QED) is 0.658. The number of rotatable bonds is 2. The summed E-state index contributed by atoms with van der Waals surface area (Å²) in [6, 6.07) is 9.79. The zero-order valence-corrected chi connectivity index (χ0v) is 10.2. The Bertz CT molecular complexity index is 750. The van der Waals surface area contributed by atoms with Crippen LogP contribution in [0.15, 0.2) is 36.4 Å². The van der Waals surface area contributed by atoms with Crippen LogP contribution in [-0.4, -0.2) is 27.3 Å². The van der Waals surface area contributed by atoms with Crippen molar-refractivity contribution in [2.75, 3.05) is 7.11 Å². The third kappa shape index (κ3) is 1.95. The van der Waals surface area contributed by atoms with Gasteiger partial charge in [-0.25, -0.2) is 4.98 Å². The normalized spacial score (nSPS) is 10.8. The molecule has 3 N–H and O–H groups in total. The van der Waals surface area contributed by atoms with Gasteiger partial charge in [-0.05, 0) is 30.3 Å². The van der Waals surface area contributed by atoms with Crippen molar-refractivity contribution in [2.45, 2.75) is 0 Å². The maximum absolute atomic E-state index is 9.90. The molecule has 0 radical (unpaired) electrons. The first-order valence-corrected chi connectivity index (χ1v) is 5.73. The monoisotopic (exact) mass is 256 g/mol. The fourth-order valence-corrected chi connectivity index (χ4v) is 1.96. The molecule has 0 amide bonds. The number of methoxy groups -OCH3 is 1. The predicted octanol–water partition coefficient (Wildman–Crippen LogP) is 2.65. The van der Waals surface area contributed by atoms with Crippen molar-refractivity contribution >= 4 is 11.0 Å². The molecule has 3 aromatic rings. The predicted molar refractivity (Wildman–Crippen MR) is 71.4 cm³/mol. The minimum Gasteiger partial charge on any atom is -0.508 e. The largest absolute Gasteiger partial charge is 0.508 e. The molecule has 96 valence electrons. The zero-order chi connectivity index (χ0) is 13.4. The number of fused-ring (bicyclic) bond motifs is 1. The summed E-state index contributed by atoms with van der Waals surface area (Å²) in [5, 5.41) is 19.3. The Balaban J connectivity index is 2.18. The first-order chi connectivity index (χ1) is 9.17. The number of H-pyrrole nitrogens is 1. The summed E-state index contributed by atoms with van der Waals surface area (Å²) < 4.78 is 5.13. The zero-order valence-electron chi connectivity index (χ0n) is 10.2. The number of aromatic hydroxyl groups is 2. The molecule has 19 heavy (non-hydrogen) atoms. The summed E-state index contributed by atoms with van der Waals surface area (Å²) in [6.07, 6.45) is 0. The smallest absolute Gasteiger partial charge is 0.142 e. The molecule has 0 fully saturated rings. The van der Waals surface area contributed by atoms with E-state index in [-0.39, 0.29) is 11.5 Å². The molecule has 0 saturated heterocycles. The molecule has 5 heteroatoms. The Kier molecular flexibility index (Phi) is 2.52. The highest BCUT2D eigenvalue weighted by Gasteiger charge is 2.11. The van der Waals surface area contributed by atoms with Crippen molar-refractivity contribution in [2.24, 2.45) is 0 Å². The van der Waals surface area contributed by atoms with Gasteiger partial charge in [-0.15, -0.1) is 0 Å². The van der Waals surface area contributed by atoms with Gasteiger partial charge in [-0.2, -0.15) is 0 Å². The molecule has 0 spiro atoms. The molecular weight excluding hydrogens is 244 g/mol. The third-order valence-electron chi connectivity index (χ3n) is 2.92. The Morgan fingerprint density at radius 3 is 2.74 bits per heavy atom.